The van der Waals surface area contributed by atoms with E-state index >= 15 is 0 Å². The number of rotatable bonds is 3. The third-order valence-electron chi connectivity index (χ3n) is 3.51. The maximum Gasteiger partial charge on any atom is 0.341 e. The van der Waals surface area contributed by atoms with Gasteiger partial charge in [-0.1, -0.05) is 11.6 Å². The molecule has 2 aromatic heterocycles. The average molecular weight is 307 g/mol. The summed E-state index contributed by atoms with van der Waals surface area (Å²) in [6, 6.07) is 5.34. The number of aromatic nitrogens is 1. The minimum absolute atomic E-state index is 0.0593. The molecule has 0 aromatic carbocycles. The van der Waals surface area contributed by atoms with Crippen molar-refractivity contribution in [3.63, 3.8) is 0 Å². The van der Waals surface area contributed by atoms with Crippen LogP contribution in [-0.4, -0.2) is 30.1 Å². The van der Waals surface area contributed by atoms with Crippen LogP contribution in [-0.2, 0) is 4.74 Å². The second-order valence-electron chi connectivity index (χ2n) is 4.94. The number of piperidine rings is 1. The van der Waals surface area contributed by atoms with E-state index in [1.807, 2.05) is 12.1 Å². The molecule has 110 valence electrons. The Hall–Kier alpha value is -2.01. The molecule has 0 radical (unpaired) electrons. The van der Waals surface area contributed by atoms with Crippen LogP contribution >= 0.6 is 11.6 Å². The van der Waals surface area contributed by atoms with Crippen LogP contribution in [0.25, 0.3) is 0 Å². The summed E-state index contributed by atoms with van der Waals surface area (Å²) in [6.45, 7) is 1.61. The zero-order chi connectivity index (χ0) is 14.7. The fourth-order valence-corrected chi connectivity index (χ4v) is 2.47. The van der Waals surface area contributed by atoms with Crippen LogP contribution in [0.3, 0.4) is 0 Å². The summed E-state index contributed by atoms with van der Waals surface area (Å²) in [4.78, 5) is 18.3. The first kappa shape index (κ1) is 13.9. The Morgan fingerprint density at radius 1 is 1.33 bits per heavy atom. The molecule has 0 bridgehead atoms. The molecule has 1 aliphatic rings. The van der Waals surface area contributed by atoms with E-state index < -0.39 is 0 Å². The van der Waals surface area contributed by atoms with Crippen LogP contribution in [0.15, 0.2) is 41.3 Å². The normalized spacial score (nSPS) is 16.0. The molecule has 0 aliphatic carbocycles. The van der Waals surface area contributed by atoms with E-state index in [-0.39, 0.29) is 12.1 Å². The molecule has 3 rings (SSSR count). The molecule has 0 saturated carbocycles. The number of nitrogens with zero attached hydrogens (tertiary/aromatic N) is 2. The Morgan fingerprint density at radius 2 is 2.14 bits per heavy atom. The van der Waals surface area contributed by atoms with Gasteiger partial charge in [0.2, 0.25) is 0 Å². The zero-order valence-electron chi connectivity index (χ0n) is 11.4. The van der Waals surface area contributed by atoms with Gasteiger partial charge in [0.1, 0.15) is 18.2 Å². The lowest BCUT2D eigenvalue weighted by molar-refractivity contribution is 0.0244. The summed E-state index contributed by atoms with van der Waals surface area (Å²) in [5.74, 6) is 0.575. The number of ether oxygens (including phenoxy) is 1. The minimum Gasteiger partial charge on any atom is -0.472 e. The van der Waals surface area contributed by atoms with E-state index in [1.165, 1.54) is 12.5 Å². The van der Waals surface area contributed by atoms with Crippen molar-refractivity contribution in [2.75, 3.05) is 18.0 Å². The van der Waals surface area contributed by atoms with Crippen LogP contribution in [0.4, 0.5) is 5.82 Å². The highest BCUT2D eigenvalue weighted by molar-refractivity contribution is 6.30. The summed E-state index contributed by atoms with van der Waals surface area (Å²) in [5, 5.41) is 0.627. The van der Waals surface area contributed by atoms with Crippen LogP contribution in [0.1, 0.15) is 23.2 Å². The molecule has 1 aliphatic heterocycles. The predicted octanol–water partition coefficient (Wildman–Crippen LogP) is 3.15. The monoisotopic (exact) mass is 306 g/mol. The van der Waals surface area contributed by atoms with Crippen molar-refractivity contribution in [1.29, 1.82) is 0 Å². The summed E-state index contributed by atoms with van der Waals surface area (Å²) < 4.78 is 10.4. The molecular weight excluding hydrogens is 292 g/mol. The SMILES string of the molecule is O=C(OC1CCN(c2ccc(Cl)cn2)CC1)c1ccoc1. The van der Waals surface area contributed by atoms with Gasteiger partial charge >= 0.3 is 5.97 Å². The second kappa shape index (κ2) is 6.18. The third-order valence-corrected chi connectivity index (χ3v) is 3.73. The van der Waals surface area contributed by atoms with Gasteiger partial charge in [-0.15, -0.1) is 0 Å². The fourth-order valence-electron chi connectivity index (χ4n) is 2.36. The summed E-state index contributed by atoms with van der Waals surface area (Å²) in [7, 11) is 0. The molecule has 3 heterocycles. The minimum atomic E-state index is -0.327. The van der Waals surface area contributed by atoms with Gasteiger partial charge in [0, 0.05) is 32.1 Å². The van der Waals surface area contributed by atoms with Gasteiger partial charge in [0.25, 0.3) is 0 Å². The van der Waals surface area contributed by atoms with Crippen molar-refractivity contribution in [3.8, 4) is 0 Å². The first-order valence-corrected chi connectivity index (χ1v) is 7.20. The van der Waals surface area contributed by atoms with Crippen LogP contribution in [0.2, 0.25) is 5.02 Å². The molecule has 0 spiro atoms. The van der Waals surface area contributed by atoms with E-state index in [9.17, 15) is 4.79 Å². The largest absolute Gasteiger partial charge is 0.472 e. The molecule has 0 N–H and O–H groups in total. The van der Waals surface area contributed by atoms with Gasteiger partial charge in [0.05, 0.1) is 16.8 Å². The first-order valence-electron chi connectivity index (χ1n) is 6.82. The number of esters is 1. The van der Waals surface area contributed by atoms with Crippen molar-refractivity contribution in [1.82, 2.24) is 4.98 Å². The van der Waals surface area contributed by atoms with E-state index in [1.54, 1.807) is 12.3 Å². The highest BCUT2D eigenvalue weighted by Gasteiger charge is 2.23. The number of pyridine rings is 1. The number of halogens is 1. The standard InChI is InChI=1S/C15H15ClN2O3/c16-12-1-2-14(17-9-12)18-6-3-13(4-7-18)21-15(19)11-5-8-20-10-11/h1-2,5,8-10,13H,3-4,6-7H2. The predicted molar refractivity (Wildman–Crippen MR) is 78.6 cm³/mol. The summed E-state index contributed by atoms with van der Waals surface area (Å²) in [5.41, 5.74) is 0.455. The van der Waals surface area contributed by atoms with Gasteiger partial charge in [0.15, 0.2) is 0 Å². The molecule has 2 aromatic rings. The van der Waals surface area contributed by atoms with Gasteiger partial charge in [-0.05, 0) is 18.2 Å². The zero-order valence-corrected chi connectivity index (χ0v) is 12.1. The molecule has 21 heavy (non-hydrogen) atoms. The molecule has 0 amide bonds. The number of carbonyl (C=O) groups excluding carboxylic acids is 1. The molecule has 6 heteroatoms. The van der Waals surface area contributed by atoms with Gasteiger partial charge in [-0.25, -0.2) is 9.78 Å². The van der Waals surface area contributed by atoms with Crippen LogP contribution < -0.4 is 4.90 Å². The van der Waals surface area contributed by atoms with Gasteiger partial charge in [-0.3, -0.25) is 0 Å². The quantitative estimate of drug-likeness (QED) is 0.815. The van der Waals surface area contributed by atoms with Crippen molar-refractivity contribution >= 4 is 23.4 Å². The molecular formula is C15H15ClN2O3. The van der Waals surface area contributed by atoms with E-state index in [0.717, 1.165) is 31.7 Å². The lowest BCUT2D eigenvalue weighted by Gasteiger charge is -2.32. The van der Waals surface area contributed by atoms with Gasteiger partial charge in [-0.2, -0.15) is 0 Å². The number of hydrogen-bond acceptors (Lipinski definition) is 5. The van der Waals surface area contributed by atoms with Crippen LogP contribution in [0, 0.1) is 0 Å². The van der Waals surface area contributed by atoms with Gasteiger partial charge < -0.3 is 14.1 Å². The lowest BCUT2D eigenvalue weighted by Crippen LogP contribution is -2.38. The maximum atomic E-state index is 11.8. The fraction of sp³-hybridized carbons (Fsp3) is 0.333. The van der Waals surface area contributed by atoms with Crippen LogP contribution in [0.5, 0.6) is 0 Å². The summed E-state index contributed by atoms with van der Waals surface area (Å²) in [6.07, 6.45) is 6.01. The second-order valence-corrected chi connectivity index (χ2v) is 5.37. The Morgan fingerprint density at radius 3 is 2.76 bits per heavy atom. The maximum absolute atomic E-state index is 11.8. The number of hydrogen-bond donors (Lipinski definition) is 0. The number of anilines is 1. The third kappa shape index (κ3) is 3.36. The highest BCUT2D eigenvalue weighted by atomic mass is 35.5. The Bertz CT molecular complexity index is 590. The van der Waals surface area contributed by atoms with E-state index in [0.29, 0.717) is 10.6 Å². The number of carbonyl (C=O) groups is 1. The highest BCUT2D eigenvalue weighted by Crippen LogP contribution is 2.21. The average Bonchev–Trinajstić information content (AvgIpc) is 3.03. The van der Waals surface area contributed by atoms with Crippen molar-refractivity contribution in [2.24, 2.45) is 0 Å². The molecule has 1 fully saturated rings. The number of furan rings is 1. The molecule has 0 unspecified atom stereocenters. The van der Waals surface area contributed by atoms with E-state index in [4.69, 9.17) is 20.8 Å². The van der Waals surface area contributed by atoms with E-state index in [2.05, 4.69) is 9.88 Å². The Kier molecular flexibility index (Phi) is 4.10. The molecule has 0 atom stereocenters. The Labute approximate surface area is 127 Å². The summed E-state index contributed by atoms with van der Waals surface area (Å²) >= 11 is 5.83. The van der Waals surface area contributed by atoms with Crippen molar-refractivity contribution in [2.45, 2.75) is 18.9 Å². The first-order chi connectivity index (χ1) is 10.2. The Balaban J connectivity index is 1.53. The molecule has 5 nitrogen and oxygen atoms in total. The molecule has 1 saturated heterocycles. The smallest absolute Gasteiger partial charge is 0.341 e. The van der Waals surface area contributed by atoms with Crippen molar-refractivity contribution < 1.29 is 13.9 Å². The van der Waals surface area contributed by atoms with Crippen molar-refractivity contribution in [3.05, 3.63) is 47.5 Å². The topological polar surface area (TPSA) is 55.6 Å². The lowest BCUT2D eigenvalue weighted by atomic mass is 10.1.